The zero-order valence-electron chi connectivity index (χ0n) is 19.1. The van der Waals surface area contributed by atoms with Crippen molar-refractivity contribution in [2.24, 2.45) is 47.3 Å². The van der Waals surface area contributed by atoms with Crippen LogP contribution in [-0.4, -0.2) is 16.5 Å². The van der Waals surface area contributed by atoms with E-state index >= 15 is 0 Å². The Labute approximate surface area is 181 Å². The molecule has 2 atom stereocenters. The minimum Gasteiger partial charge on any atom is -0.0936 e. The topological polar surface area (TPSA) is 0 Å². The maximum absolute atomic E-state index is 2.57. The molecule has 0 aromatic carbocycles. The van der Waals surface area contributed by atoms with Gasteiger partial charge in [-0.05, 0) is 147 Å². The Morgan fingerprint density at radius 1 is 0.586 bits per heavy atom. The van der Waals surface area contributed by atoms with E-state index in [1.54, 1.807) is 102 Å². The van der Waals surface area contributed by atoms with Crippen molar-refractivity contribution in [3.05, 3.63) is 0 Å². The maximum Gasteiger partial charge on any atom is -0.00814 e. The van der Waals surface area contributed by atoms with Crippen LogP contribution >= 0.6 is 7.92 Å². The van der Waals surface area contributed by atoms with Crippen molar-refractivity contribution >= 4 is 7.92 Å². The molecular formula is C28H45P. The second-order valence-electron chi connectivity index (χ2n) is 14.0. The van der Waals surface area contributed by atoms with Gasteiger partial charge >= 0.3 is 0 Å². The Morgan fingerprint density at radius 3 is 1.38 bits per heavy atom. The lowest BCUT2D eigenvalue weighted by Gasteiger charge is -2.68. The van der Waals surface area contributed by atoms with Crippen LogP contribution in [0.4, 0.5) is 0 Å². The summed E-state index contributed by atoms with van der Waals surface area (Å²) in [7, 11) is 0.249. The molecule has 9 aliphatic carbocycles. The molecule has 0 amide bonds. The van der Waals surface area contributed by atoms with Crippen LogP contribution < -0.4 is 0 Å². The molecule has 0 aliphatic heterocycles. The number of rotatable bonds is 4. The van der Waals surface area contributed by atoms with Crippen molar-refractivity contribution in [2.45, 2.75) is 120 Å². The van der Waals surface area contributed by atoms with Gasteiger partial charge in [-0.3, -0.25) is 0 Å². The van der Waals surface area contributed by atoms with E-state index in [1.807, 2.05) is 0 Å². The highest BCUT2D eigenvalue weighted by Gasteiger charge is 2.62. The smallest absolute Gasteiger partial charge is 0.00814 e. The highest BCUT2D eigenvalue weighted by molar-refractivity contribution is 7.61. The first-order chi connectivity index (χ1) is 14.1. The maximum atomic E-state index is 2.57. The summed E-state index contributed by atoms with van der Waals surface area (Å²) in [6.07, 6.45) is 28.1. The molecular weight excluding hydrogens is 367 g/mol. The second kappa shape index (κ2) is 6.72. The highest BCUT2D eigenvalue weighted by atomic mass is 31.1. The average molecular weight is 413 g/mol. The van der Waals surface area contributed by atoms with Crippen molar-refractivity contribution < 1.29 is 0 Å². The van der Waals surface area contributed by atoms with Crippen molar-refractivity contribution in [3.63, 3.8) is 0 Å². The quantitative estimate of drug-likeness (QED) is 0.408. The van der Waals surface area contributed by atoms with Crippen LogP contribution in [0.1, 0.15) is 110 Å². The van der Waals surface area contributed by atoms with Crippen LogP contribution in [0, 0.1) is 47.3 Å². The van der Waals surface area contributed by atoms with Gasteiger partial charge in [0.2, 0.25) is 0 Å². The minimum absolute atomic E-state index is 0.249. The largest absolute Gasteiger partial charge is 0.0936 e. The van der Waals surface area contributed by atoms with E-state index in [2.05, 4.69) is 6.92 Å². The van der Waals surface area contributed by atoms with Gasteiger partial charge in [-0.1, -0.05) is 34.1 Å². The van der Waals surface area contributed by atoms with Crippen LogP contribution in [0.2, 0.25) is 0 Å². The Kier molecular flexibility index (Phi) is 4.39. The Morgan fingerprint density at radius 2 is 1.00 bits per heavy atom. The molecule has 0 saturated heterocycles. The molecule has 0 heterocycles. The molecule has 0 N–H and O–H groups in total. The minimum atomic E-state index is 0.249. The standard InChI is InChI=1S/C28H45P/c1-19-3-2-4-20(5-19)18-29(27-12-21-6-22(13-27)8-23(7-21)14-27)28-15-24-9-25(16-28)11-26(10-24)17-28/h19-26H,2-18H2,1H3. The molecule has 9 fully saturated rings. The summed E-state index contributed by atoms with van der Waals surface area (Å²) in [5, 5.41) is 1.74. The Balaban J connectivity index is 1.25. The molecule has 162 valence electrons. The van der Waals surface area contributed by atoms with E-state index < -0.39 is 0 Å². The zero-order valence-corrected chi connectivity index (χ0v) is 20.0. The molecule has 0 spiro atoms. The molecule has 8 bridgehead atoms. The lowest BCUT2D eigenvalue weighted by molar-refractivity contribution is 0.0181. The van der Waals surface area contributed by atoms with Gasteiger partial charge in [-0.15, -0.1) is 0 Å². The van der Waals surface area contributed by atoms with Gasteiger partial charge < -0.3 is 0 Å². The van der Waals surface area contributed by atoms with Gasteiger partial charge in [0.15, 0.2) is 0 Å². The van der Waals surface area contributed by atoms with E-state index in [0.29, 0.717) is 0 Å². The van der Waals surface area contributed by atoms with Gasteiger partial charge in [0, 0.05) is 0 Å². The van der Waals surface area contributed by atoms with E-state index in [9.17, 15) is 0 Å². The van der Waals surface area contributed by atoms with Crippen molar-refractivity contribution in [3.8, 4) is 0 Å². The predicted molar refractivity (Wildman–Crippen MR) is 125 cm³/mol. The third-order valence-electron chi connectivity index (χ3n) is 11.6. The van der Waals surface area contributed by atoms with Crippen molar-refractivity contribution in [1.29, 1.82) is 0 Å². The fraction of sp³-hybridized carbons (Fsp3) is 1.00. The Bertz CT molecular complexity index is 534. The fourth-order valence-electron chi connectivity index (χ4n) is 11.7. The molecule has 9 aliphatic rings. The first-order valence-electron chi connectivity index (χ1n) is 13.9. The molecule has 9 saturated carbocycles. The van der Waals surface area contributed by atoms with Gasteiger partial charge in [0.1, 0.15) is 0 Å². The summed E-state index contributed by atoms with van der Waals surface area (Å²) in [4.78, 5) is 0. The van der Waals surface area contributed by atoms with Crippen LogP contribution in [0.15, 0.2) is 0 Å². The van der Waals surface area contributed by atoms with Gasteiger partial charge in [0.05, 0.1) is 0 Å². The summed E-state index contributed by atoms with van der Waals surface area (Å²) >= 11 is 0. The SMILES string of the molecule is CC1CCCC(CP(C23CC4CC(CC(C4)C2)C3)C23CC4CC(CC(C4)C2)C3)C1. The first kappa shape index (κ1) is 18.9. The van der Waals surface area contributed by atoms with E-state index in [1.165, 1.54) is 6.42 Å². The molecule has 2 unspecified atom stereocenters. The fourth-order valence-corrected chi connectivity index (χ4v) is 17.2. The van der Waals surface area contributed by atoms with Crippen LogP contribution in [0.25, 0.3) is 0 Å². The summed E-state index contributed by atoms with van der Waals surface area (Å²) < 4.78 is 0. The average Bonchev–Trinajstić information content (AvgIpc) is 2.64. The lowest BCUT2D eigenvalue weighted by Crippen LogP contribution is -2.57. The number of hydrogen-bond donors (Lipinski definition) is 0. The third-order valence-corrected chi connectivity index (χ3v) is 15.9. The van der Waals surface area contributed by atoms with Gasteiger partial charge in [0.25, 0.3) is 0 Å². The van der Waals surface area contributed by atoms with E-state index in [4.69, 9.17) is 0 Å². The zero-order chi connectivity index (χ0) is 19.2. The van der Waals surface area contributed by atoms with E-state index in [0.717, 1.165) is 57.7 Å². The number of hydrogen-bond acceptors (Lipinski definition) is 0. The van der Waals surface area contributed by atoms with Gasteiger partial charge in [-0.2, -0.15) is 0 Å². The normalized spacial score (nSPS) is 58.7. The molecule has 0 nitrogen and oxygen atoms in total. The van der Waals surface area contributed by atoms with Crippen LogP contribution in [0.3, 0.4) is 0 Å². The van der Waals surface area contributed by atoms with Crippen molar-refractivity contribution in [1.82, 2.24) is 0 Å². The van der Waals surface area contributed by atoms with E-state index in [-0.39, 0.29) is 7.92 Å². The molecule has 0 aromatic heterocycles. The molecule has 1 heteroatoms. The molecule has 0 radical (unpaired) electrons. The molecule has 9 rings (SSSR count). The summed E-state index contributed by atoms with van der Waals surface area (Å²) in [6.45, 7) is 2.57. The van der Waals surface area contributed by atoms with Crippen LogP contribution in [-0.2, 0) is 0 Å². The lowest BCUT2D eigenvalue weighted by atomic mass is 9.55. The second-order valence-corrected chi connectivity index (χ2v) is 17.2. The van der Waals surface area contributed by atoms with Crippen LogP contribution in [0.5, 0.6) is 0 Å². The highest BCUT2D eigenvalue weighted by Crippen LogP contribution is 2.79. The third kappa shape index (κ3) is 3.07. The Hall–Kier alpha value is 0.430. The summed E-state index contributed by atoms with van der Waals surface area (Å²) in [5.74, 6) is 9.09. The van der Waals surface area contributed by atoms with Crippen molar-refractivity contribution in [2.75, 3.05) is 6.16 Å². The molecule has 0 aromatic rings. The monoisotopic (exact) mass is 412 g/mol. The van der Waals surface area contributed by atoms with Gasteiger partial charge in [-0.25, -0.2) is 0 Å². The first-order valence-corrected chi connectivity index (χ1v) is 15.4. The summed E-state index contributed by atoms with van der Waals surface area (Å²) in [6, 6.07) is 0. The molecule has 29 heavy (non-hydrogen) atoms. The summed E-state index contributed by atoms with van der Waals surface area (Å²) in [5.41, 5.74) is 0. The predicted octanol–water partition coefficient (Wildman–Crippen LogP) is 8.23.